The van der Waals surface area contributed by atoms with Crippen molar-refractivity contribution in [1.82, 2.24) is 14.7 Å². The van der Waals surface area contributed by atoms with Gasteiger partial charge in [0.05, 0.1) is 10.7 Å². The first kappa shape index (κ1) is 20.8. The Morgan fingerprint density at radius 3 is 2.32 bits per heavy atom. The second kappa shape index (κ2) is 9.14. The molecule has 0 fully saturated rings. The molecule has 2 heterocycles. The van der Waals surface area contributed by atoms with Gasteiger partial charge in [-0.3, -0.25) is 9.20 Å². The normalized spacial score (nSPS) is 11.3. The van der Waals surface area contributed by atoms with Gasteiger partial charge < -0.3 is 5.32 Å². The molecule has 1 amide bonds. The molecule has 0 aliphatic heterocycles. The highest BCUT2D eigenvalue weighted by molar-refractivity contribution is 6.30. The van der Waals surface area contributed by atoms with Crippen LogP contribution in [0, 0.1) is 5.82 Å². The van der Waals surface area contributed by atoms with Crippen LogP contribution in [0.25, 0.3) is 17.8 Å². The Labute approximate surface area is 185 Å². The molecule has 0 aliphatic carbocycles. The van der Waals surface area contributed by atoms with Crippen LogP contribution in [0.3, 0.4) is 0 Å². The number of carbonyl (C=O) groups excluding carboxylic acids is 1. The maximum atomic E-state index is 13.0. The van der Waals surface area contributed by atoms with E-state index in [-0.39, 0.29) is 11.7 Å². The number of halogens is 2. The second-order valence-corrected chi connectivity index (χ2v) is 7.58. The van der Waals surface area contributed by atoms with Crippen LogP contribution in [0.5, 0.6) is 0 Å². The highest BCUT2D eigenvalue weighted by Crippen LogP contribution is 2.18. The van der Waals surface area contributed by atoms with Gasteiger partial charge in [-0.05, 0) is 47.4 Å². The topological polar surface area (TPSA) is 46.4 Å². The summed E-state index contributed by atoms with van der Waals surface area (Å²) in [6.07, 6.45) is 6.25. The number of rotatable bonds is 6. The average molecular weight is 434 g/mol. The zero-order chi connectivity index (χ0) is 21.8. The number of hydrogen-bond donors (Lipinski definition) is 1. The number of hydrogen-bond acceptors (Lipinski definition) is 2. The van der Waals surface area contributed by atoms with E-state index in [1.165, 1.54) is 12.1 Å². The lowest BCUT2D eigenvalue weighted by molar-refractivity contribution is 0.0944. The Morgan fingerprint density at radius 1 is 1.03 bits per heavy atom. The van der Waals surface area contributed by atoms with Gasteiger partial charge >= 0.3 is 0 Å². The highest BCUT2D eigenvalue weighted by Gasteiger charge is 2.18. The third-order valence-electron chi connectivity index (χ3n) is 4.98. The number of imidazole rings is 1. The summed E-state index contributed by atoms with van der Waals surface area (Å²) in [4.78, 5) is 17.4. The molecule has 4 aromatic rings. The van der Waals surface area contributed by atoms with Gasteiger partial charge in [0, 0.05) is 12.7 Å². The van der Waals surface area contributed by atoms with E-state index in [0.717, 1.165) is 22.4 Å². The molecule has 0 radical (unpaired) electrons. The fourth-order valence-electron chi connectivity index (χ4n) is 3.33. The summed E-state index contributed by atoms with van der Waals surface area (Å²) in [5, 5.41) is 3.52. The zero-order valence-corrected chi connectivity index (χ0v) is 17.7. The van der Waals surface area contributed by atoms with Crippen LogP contribution < -0.4 is 5.32 Å². The first-order valence-corrected chi connectivity index (χ1v) is 10.4. The van der Waals surface area contributed by atoms with E-state index in [4.69, 9.17) is 11.6 Å². The predicted octanol–water partition coefficient (Wildman–Crippen LogP) is 5.79. The van der Waals surface area contributed by atoms with Gasteiger partial charge in [-0.25, -0.2) is 9.37 Å². The van der Waals surface area contributed by atoms with Gasteiger partial charge in [0.25, 0.3) is 5.91 Å². The molecule has 6 heteroatoms. The molecule has 31 heavy (non-hydrogen) atoms. The molecule has 4 nitrogen and oxygen atoms in total. The first-order valence-electron chi connectivity index (χ1n) is 10.0. The molecule has 0 atom stereocenters. The number of nitrogens with zero attached hydrogens (tertiary/aromatic N) is 2. The van der Waals surface area contributed by atoms with Crippen molar-refractivity contribution >= 4 is 35.3 Å². The summed E-state index contributed by atoms with van der Waals surface area (Å²) >= 11 is 6.10. The van der Waals surface area contributed by atoms with Crippen LogP contribution in [-0.2, 0) is 13.0 Å². The molecular weight excluding hydrogens is 413 g/mol. The third kappa shape index (κ3) is 4.84. The van der Waals surface area contributed by atoms with Crippen molar-refractivity contribution in [3.05, 3.63) is 106 Å². The van der Waals surface area contributed by atoms with Crippen molar-refractivity contribution in [2.45, 2.75) is 19.9 Å². The summed E-state index contributed by atoms with van der Waals surface area (Å²) in [5.74, 6) is -0.437. The molecule has 0 saturated carbocycles. The lowest BCUT2D eigenvalue weighted by atomic mass is 10.1. The lowest BCUT2D eigenvalue weighted by Crippen LogP contribution is -2.25. The van der Waals surface area contributed by atoms with Gasteiger partial charge in [-0.15, -0.1) is 0 Å². The van der Waals surface area contributed by atoms with Gasteiger partial charge in [0.2, 0.25) is 0 Å². The first-order chi connectivity index (χ1) is 15.0. The third-order valence-corrected chi connectivity index (χ3v) is 5.20. The minimum absolute atomic E-state index is 0.188. The quantitative estimate of drug-likeness (QED) is 0.391. The number of pyridine rings is 1. The Kier molecular flexibility index (Phi) is 6.14. The fraction of sp³-hybridized carbons (Fsp3) is 0.120. The summed E-state index contributed by atoms with van der Waals surface area (Å²) in [5.41, 5.74) is 4.88. The molecule has 0 bridgehead atoms. The molecule has 4 rings (SSSR count). The monoisotopic (exact) mass is 433 g/mol. The number of fused-ring (bicyclic) bond motifs is 1. The standard InChI is InChI=1S/C25H21ClFN3O/c1-2-22-24(30-16-20(26)11-14-23(30)29-22)25(31)28-15-19-7-5-17(6-8-19)3-4-18-9-12-21(27)13-10-18/h3-14,16H,2,15H2,1H3,(H,28,31). The van der Waals surface area contributed by atoms with Crippen molar-refractivity contribution < 1.29 is 9.18 Å². The molecule has 0 aliphatic rings. The maximum Gasteiger partial charge on any atom is 0.270 e. The maximum absolute atomic E-state index is 13.0. The lowest BCUT2D eigenvalue weighted by Gasteiger charge is -2.07. The summed E-state index contributed by atoms with van der Waals surface area (Å²) < 4.78 is 14.7. The van der Waals surface area contributed by atoms with Crippen LogP contribution in [0.4, 0.5) is 4.39 Å². The van der Waals surface area contributed by atoms with Crippen LogP contribution in [-0.4, -0.2) is 15.3 Å². The molecule has 2 aromatic carbocycles. The number of amides is 1. The average Bonchev–Trinajstić information content (AvgIpc) is 3.15. The summed E-state index contributed by atoms with van der Waals surface area (Å²) in [6.45, 7) is 2.37. The van der Waals surface area contributed by atoms with E-state index < -0.39 is 0 Å². The minimum Gasteiger partial charge on any atom is -0.347 e. The van der Waals surface area contributed by atoms with Gasteiger partial charge in [0.1, 0.15) is 17.2 Å². The van der Waals surface area contributed by atoms with E-state index in [1.807, 2.05) is 43.3 Å². The van der Waals surface area contributed by atoms with Crippen molar-refractivity contribution in [1.29, 1.82) is 0 Å². The van der Waals surface area contributed by atoms with E-state index in [0.29, 0.717) is 29.3 Å². The van der Waals surface area contributed by atoms with Crippen molar-refractivity contribution in [3.8, 4) is 0 Å². The summed E-state index contributed by atoms with van der Waals surface area (Å²) in [6, 6.07) is 17.8. The van der Waals surface area contributed by atoms with E-state index in [1.54, 1.807) is 34.9 Å². The van der Waals surface area contributed by atoms with Gasteiger partial charge in [-0.2, -0.15) is 0 Å². The largest absolute Gasteiger partial charge is 0.347 e. The van der Waals surface area contributed by atoms with E-state index in [9.17, 15) is 9.18 Å². The zero-order valence-electron chi connectivity index (χ0n) is 17.0. The number of nitrogens with one attached hydrogen (secondary N) is 1. The van der Waals surface area contributed by atoms with Crippen LogP contribution in [0.1, 0.15) is 39.8 Å². The van der Waals surface area contributed by atoms with E-state index >= 15 is 0 Å². The van der Waals surface area contributed by atoms with Crippen molar-refractivity contribution in [2.24, 2.45) is 0 Å². The van der Waals surface area contributed by atoms with Crippen molar-refractivity contribution in [3.63, 3.8) is 0 Å². The SMILES string of the molecule is CCc1nc2ccc(Cl)cn2c1C(=O)NCc1ccc(C=Cc2ccc(F)cc2)cc1. The molecular formula is C25H21ClFN3O. The van der Waals surface area contributed by atoms with Crippen molar-refractivity contribution in [2.75, 3.05) is 0 Å². The Balaban J connectivity index is 1.44. The van der Waals surface area contributed by atoms with Crippen LogP contribution in [0.15, 0.2) is 66.9 Å². The number of aromatic nitrogens is 2. The Hall–Kier alpha value is -3.44. The molecule has 0 unspecified atom stereocenters. The second-order valence-electron chi connectivity index (χ2n) is 7.15. The smallest absolute Gasteiger partial charge is 0.270 e. The van der Waals surface area contributed by atoms with E-state index in [2.05, 4.69) is 10.3 Å². The molecule has 1 N–H and O–H groups in total. The molecule has 156 valence electrons. The highest BCUT2D eigenvalue weighted by atomic mass is 35.5. The Bertz CT molecular complexity index is 1240. The predicted molar refractivity (Wildman–Crippen MR) is 123 cm³/mol. The van der Waals surface area contributed by atoms with Gasteiger partial charge in [-0.1, -0.05) is 67.1 Å². The number of aryl methyl sites for hydroxylation is 1. The summed E-state index contributed by atoms with van der Waals surface area (Å²) in [7, 11) is 0. The van der Waals surface area contributed by atoms with Gasteiger partial charge in [0.15, 0.2) is 0 Å². The molecule has 0 saturated heterocycles. The fourth-order valence-corrected chi connectivity index (χ4v) is 3.49. The number of benzene rings is 2. The van der Waals surface area contributed by atoms with Crippen LogP contribution in [0.2, 0.25) is 5.02 Å². The molecule has 0 spiro atoms. The molecule has 2 aromatic heterocycles. The number of carbonyl (C=O) groups is 1. The minimum atomic E-state index is -0.248. The van der Waals surface area contributed by atoms with Crippen LogP contribution >= 0.6 is 11.6 Å². The Morgan fingerprint density at radius 2 is 1.68 bits per heavy atom.